The average molecular weight is 407 g/mol. The van der Waals surface area contributed by atoms with Crippen LogP contribution in [0.2, 0.25) is 0 Å². The Morgan fingerprint density at radius 2 is 2.04 bits per heavy atom. The highest BCUT2D eigenvalue weighted by Gasteiger charge is 2.21. The summed E-state index contributed by atoms with van der Waals surface area (Å²) in [5, 5.41) is 3.36. The number of carbonyl (C=O) groups is 2. The monoisotopic (exact) mass is 407 g/mol. The second-order valence-corrected chi connectivity index (χ2v) is 7.94. The van der Waals surface area contributed by atoms with Crippen molar-refractivity contribution in [2.24, 2.45) is 0 Å². The number of carbonyl (C=O) groups excluding carboxylic acids is 2. The van der Waals surface area contributed by atoms with Crippen molar-refractivity contribution in [3.8, 4) is 0 Å². The number of aromatic nitrogens is 2. The van der Waals surface area contributed by atoms with Gasteiger partial charge in [0.05, 0.1) is 18.3 Å². The third kappa shape index (κ3) is 4.59. The van der Waals surface area contributed by atoms with E-state index in [9.17, 15) is 14.4 Å². The van der Waals surface area contributed by atoms with E-state index in [0.717, 1.165) is 37.0 Å². The van der Waals surface area contributed by atoms with E-state index in [1.807, 2.05) is 0 Å². The largest absolute Gasteiger partial charge is 0.459 e. The van der Waals surface area contributed by atoms with Crippen LogP contribution in [0, 0.1) is 6.92 Å². The van der Waals surface area contributed by atoms with E-state index in [0.29, 0.717) is 27.3 Å². The zero-order valence-corrected chi connectivity index (χ0v) is 17.0. The minimum Gasteiger partial charge on any atom is -0.459 e. The molecule has 2 aromatic rings. The van der Waals surface area contributed by atoms with Gasteiger partial charge >= 0.3 is 5.97 Å². The number of rotatable bonds is 7. The third-order valence-corrected chi connectivity index (χ3v) is 6.09. The molecule has 0 atom stereocenters. The molecule has 3 rings (SSSR count). The van der Waals surface area contributed by atoms with Crippen molar-refractivity contribution in [2.45, 2.75) is 51.6 Å². The number of ether oxygens (including phenoxy) is 2. The van der Waals surface area contributed by atoms with Crippen LogP contribution in [0.5, 0.6) is 0 Å². The zero-order chi connectivity index (χ0) is 20.1. The molecule has 1 aliphatic rings. The molecule has 0 unspecified atom stereocenters. The summed E-state index contributed by atoms with van der Waals surface area (Å²) >= 11 is 1.12. The van der Waals surface area contributed by atoms with Gasteiger partial charge in [-0.2, -0.15) is 0 Å². The standard InChI is InChI=1S/C19H25N3O5S/c1-12-15-17(28-16(12)19(25)27-9-8-26-2)20-11-22(18(15)24)10-14(23)21-13-6-4-3-5-7-13/h11,13H,3-10H2,1-2H3,(H,21,23). The number of aryl methyl sites for hydroxylation is 1. The Bertz CT molecular complexity index is 914. The van der Waals surface area contributed by atoms with Crippen molar-refractivity contribution in [3.63, 3.8) is 0 Å². The molecule has 2 aromatic heterocycles. The first kappa shape index (κ1) is 20.5. The molecule has 0 radical (unpaired) electrons. The molecular formula is C19H25N3O5S. The summed E-state index contributed by atoms with van der Waals surface area (Å²) in [5.74, 6) is -0.694. The van der Waals surface area contributed by atoms with Gasteiger partial charge in [-0.3, -0.25) is 14.2 Å². The summed E-state index contributed by atoms with van der Waals surface area (Å²) in [5.41, 5.74) is 0.204. The van der Waals surface area contributed by atoms with Crippen molar-refractivity contribution >= 4 is 33.4 Å². The predicted octanol–water partition coefficient (Wildman–Crippen LogP) is 2.02. The van der Waals surface area contributed by atoms with E-state index in [-0.39, 0.29) is 30.7 Å². The maximum atomic E-state index is 12.9. The van der Waals surface area contributed by atoms with Gasteiger partial charge in [0.2, 0.25) is 5.91 Å². The van der Waals surface area contributed by atoms with Gasteiger partial charge in [-0.25, -0.2) is 9.78 Å². The number of fused-ring (bicyclic) bond motifs is 1. The van der Waals surface area contributed by atoms with Crippen molar-refractivity contribution < 1.29 is 19.1 Å². The van der Waals surface area contributed by atoms with Crippen LogP contribution in [0.3, 0.4) is 0 Å². The van der Waals surface area contributed by atoms with E-state index < -0.39 is 5.97 Å². The molecule has 1 amide bonds. The Balaban J connectivity index is 1.76. The Morgan fingerprint density at radius 3 is 2.75 bits per heavy atom. The summed E-state index contributed by atoms with van der Waals surface area (Å²) in [6, 6.07) is 0.185. The van der Waals surface area contributed by atoms with E-state index in [2.05, 4.69) is 10.3 Å². The SMILES string of the molecule is COCCOC(=O)c1sc2ncn(CC(=O)NC3CCCCC3)c(=O)c2c1C. The van der Waals surface area contributed by atoms with E-state index in [4.69, 9.17) is 9.47 Å². The van der Waals surface area contributed by atoms with E-state index in [1.165, 1.54) is 24.4 Å². The molecule has 1 N–H and O–H groups in total. The molecule has 9 heteroatoms. The van der Waals surface area contributed by atoms with Gasteiger partial charge in [0, 0.05) is 13.2 Å². The first-order valence-corrected chi connectivity index (χ1v) is 10.3. The molecule has 0 bridgehead atoms. The van der Waals surface area contributed by atoms with Crippen LogP contribution in [-0.2, 0) is 20.8 Å². The fourth-order valence-corrected chi connectivity index (χ4v) is 4.46. The summed E-state index contributed by atoms with van der Waals surface area (Å²) in [6.45, 7) is 2.06. The Morgan fingerprint density at radius 1 is 1.29 bits per heavy atom. The quantitative estimate of drug-likeness (QED) is 0.557. The first-order chi connectivity index (χ1) is 13.5. The van der Waals surface area contributed by atoms with Crippen LogP contribution in [0.15, 0.2) is 11.1 Å². The van der Waals surface area contributed by atoms with Crippen LogP contribution in [0.1, 0.15) is 47.3 Å². The summed E-state index contributed by atoms with van der Waals surface area (Å²) in [4.78, 5) is 42.5. The third-order valence-electron chi connectivity index (χ3n) is 4.91. The van der Waals surface area contributed by atoms with Gasteiger partial charge in [0.25, 0.3) is 5.56 Å². The number of hydrogen-bond donors (Lipinski definition) is 1. The topological polar surface area (TPSA) is 99.5 Å². The lowest BCUT2D eigenvalue weighted by Crippen LogP contribution is -2.39. The highest BCUT2D eigenvalue weighted by molar-refractivity contribution is 7.20. The molecule has 1 saturated carbocycles. The molecule has 0 aromatic carbocycles. The zero-order valence-electron chi connectivity index (χ0n) is 16.2. The van der Waals surface area contributed by atoms with Gasteiger partial charge in [0.1, 0.15) is 22.9 Å². The van der Waals surface area contributed by atoms with Crippen LogP contribution >= 0.6 is 11.3 Å². The highest BCUT2D eigenvalue weighted by Crippen LogP contribution is 2.27. The lowest BCUT2D eigenvalue weighted by atomic mass is 9.95. The maximum absolute atomic E-state index is 12.9. The molecule has 0 spiro atoms. The van der Waals surface area contributed by atoms with Crippen LogP contribution in [0.25, 0.3) is 10.2 Å². The molecule has 152 valence electrons. The molecule has 8 nitrogen and oxygen atoms in total. The van der Waals surface area contributed by atoms with Crippen molar-refractivity contribution in [3.05, 3.63) is 27.1 Å². The smallest absolute Gasteiger partial charge is 0.348 e. The summed E-state index contributed by atoms with van der Waals surface area (Å²) < 4.78 is 11.3. The number of esters is 1. The van der Waals surface area contributed by atoms with Crippen LogP contribution < -0.4 is 10.9 Å². The van der Waals surface area contributed by atoms with Gasteiger partial charge < -0.3 is 14.8 Å². The van der Waals surface area contributed by atoms with Gasteiger partial charge in [0.15, 0.2) is 0 Å². The van der Waals surface area contributed by atoms with E-state index >= 15 is 0 Å². The first-order valence-electron chi connectivity index (χ1n) is 9.45. The average Bonchev–Trinajstić information content (AvgIpc) is 3.02. The predicted molar refractivity (Wildman–Crippen MR) is 106 cm³/mol. The Labute approximate surface area is 166 Å². The number of methoxy groups -OCH3 is 1. The summed E-state index contributed by atoms with van der Waals surface area (Å²) in [6.07, 6.45) is 6.78. The number of nitrogens with zero attached hydrogens (tertiary/aromatic N) is 2. The van der Waals surface area contributed by atoms with Gasteiger partial charge in [-0.15, -0.1) is 11.3 Å². The maximum Gasteiger partial charge on any atom is 0.348 e. The van der Waals surface area contributed by atoms with Crippen molar-refractivity contribution in [2.75, 3.05) is 20.3 Å². The second kappa shape index (κ2) is 9.29. The van der Waals surface area contributed by atoms with E-state index in [1.54, 1.807) is 6.92 Å². The van der Waals surface area contributed by atoms with Crippen molar-refractivity contribution in [1.82, 2.24) is 14.9 Å². The fourth-order valence-electron chi connectivity index (χ4n) is 3.42. The molecule has 2 heterocycles. The lowest BCUT2D eigenvalue weighted by Gasteiger charge is -2.22. The minimum atomic E-state index is -0.501. The van der Waals surface area contributed by atoms with Crippen LogP contribution in [0.4, 0.5) is 0 Å². The molecule has 0 aliphatic heterocycles. The van der Waals surface area contributed by atoms with Crippen LogP contribution in [-0.4, -0.2) is 47.8 Å². The molecule has 1 aliphatic carbocycles. The number of nitrogens with one attached hydrogen (secondary N) is 1. The molecular weight excluding hydrogens is 382 g/mol. The van der Waals surface area contributed by atoms with Gasteiger partial charge in [-0.05, 0) is 25.3 Å². The fraction of sp³-hybridized carbons (Fsp3) is 0.579. The number of amides is 1. The highest BCUT2D eigenvalue weighted by atomic mass is 32.1. The number of hydrogen-bond acceptors (Lipinski definition) is 7. The lowest BCUT2D eigenvalue weighted by molar-refractivity contribution is -0.122. The Hall–Kier alpha value is -2.26. The Kier molecular flexibility index (Phi) is 6.79. The normalized spacial score (nSPS) is 14.9. The summed E-state index contributed by atoms with van der Waals surface area (Å²) in [7, 11) is 1.52. The molecule has 0 saturated heterocycles. The number of thiophene rings is 1. The molecule has 28 heavy (non-hydrogen) atoms. The molecule has 1 fully saturated rings. The minimum absolute atomic E-state index is 0.0822. The second-order valence-electron chi connectivity index (χ2n) is 6.95. The van der Waals surface area contributed by atoms with Gasteiger partial charge in [-0.1, -0.05) is 19.3 Å². The van der Waals surface area contributed by atoms with Crippen molar-refractivity contribution in [1.29, 1.82) is 0 Å².